The highest BCUT2D eigenvalue weighted by Gasteiger charge is 2.48. The molecule has 1 aromatic carbocycles. The summed E-state index contributed by atoms with van der Waals surface area (Å²) in [7, 11) is 1.59. The molecule has 8 heteroatoms. The number of carboxylic acid groups (broad SMARTS) is 1. The molecule has 0 aliphatic carbocycles. The number of aryl methyl sites for hydroxylation is 1. The molecular formula is C22H29N3O5. The molecule has 162 valence electrons. The Hall–Kier alpha value is -3.29. The van der Waals surface area contributed by atoms with E-state index in [2.05, 4.69) is 15.6 Å². The number of hydrogen-bond donors (Lipinski definition) is 3. The molecule has 0 bridgehead atoms. The van der Waals surface area contributed by atoms with Gasteiger partial charge in [-0.2, -0.15) is 0 Å². The first-order valence-corrected chi connectivity index (χ1v) is 9.63. The number of nitrogens with one attached hydrogen (secondary N) is 2. The number of rotatable bonds is 7. The number of aromatic nitrogens is 1. The van der Waals surface area contributed by atoms with Gasteiger partial charge in [0.1, 0.15) is 17.0 Å². The standard InChI is InChI=1S/C22H29N3O5/c1-7-22(21(3,4)5,25-20(27)28)19(26)24-15-9-11-18(23-13-15)30-16-10-8-14(2)17(12-16)29-6/h8-13,25H,7H2,1-6H3,(H,24,26)(H,27,28)/t22-/m1/s1. The maximum Gasteiger partial charge on any atom is 0.405 e. The number of pyridine rings is 1. The third-order valence-corrected chi connectivity index (χ3v) is 5.11. The second-order valence-electron chi connectivity index (χ2n) is 8.01. The summed E-state index contributed by atoms with van der Waals surface area (Å²) in [5.41, 5.74) is -0.523. The number of carbonyl (C=O) groups excluding carboxylic acids is 1. The Morgan fingerprint density at radius 2 is 1.87 bits per heavy atom. The fourth-order valence-corrected chi connectivity index (χ4v) is 3.28. The Bertz CT molecular complexity index is 906. The highest BCUT2D eigenvalue weighted by Crippen LogP contribution is 2.35. The predicted molar refractivity (Wildman–Crippen MR) is 114 cm³/mol. The van der Waals surface area contributed by atoms with Crippen molar-refractivity contribution in [1.82, 2.24) is 10.3 Å². The van der Waals surface area contributed by atoms with Crippen LogP contribution < -0.4 is 20.1 Å². The van der Waals surface area contributed by atoms with E-state index in [1.165, 1.54) is 6.20 Å². The van der Waals surface area contributed by atoms with E-state index in [1.807, 2.05) is 39.8 Å². The second kappa shape index (κ2) is 9.02. The molecule has 0 radical (unpaired) electrons. The predicted octanol–water partition coefficient (Wildman–Crippen LogP) is 4.59. The molecule has 0 fully saturated rings. The van der Waals surface area contributed by atoms with Gasteiger partial charge in [0.15, 0.2) is 0 Å². The van der Waals surface area contributed by atoms with Gasteiger partial charge in [0.2, 0.25) is 5.88 Å². The maximum atomic E-state index is 13.0. The van der Waals surface area contributed by atoms with E-state index in [0.29, 0.717) is 29.5 Å². The van der Waals surface area contributed by atoms with Crippen molar-refractivity contribution in [2.45, 2.75) is 46.6 Å². The van der Waals surface area contributed by atoms with Crippen LogP contribution in [0.1, 0.15) is 39.7 Å². The third-order valence-electron chi connectivity index (χ3n) is 5.11. The number of methoxy groups -OCH3 is 1. The molecule has 2 aromatic rings. The van der Waals surface area contributed by atoms with Crippen LogP contribution in [0.3, 0.4) is 0 Å². The van der Waals surface area contributed by atoms with Crippen LogP contribution in [-0.2, 0) is 4.79 Å². The first-order chi connectivity index (χ1) is 14.0. The van der Waals surface area contributed by atoms with Crippen LogP contribution >= 0.6 is 0 Å². The molecule has 1 aromatic heterocycles. The molecule has 30 heavy (non-hydrogen) atoms. The van der Waals surface area contributed by atoms with Crippen LogP contribution in [0, 0.1) is 12.3 Å². The van der Waals surface area contributed by atoms with Crippen LogP contribution in [0.15, 0.2) is 36.5 Å². The number of anilines is 1. The van der Waals surface area contributed by atoms with E-state index < -0.39 is 23.0 Å². The zero-order chi connectivity index (χ0) is 22.5. The van der Waals surface area contributed by atoms with E-state index in [9.17, 15) is 14.7 Å². The molecule has 1 heterocycles. The van der Waals surface area contributed by atoms with E-state index in [4.69, 9.17) is 9.47 Å². The Morgan fingerprint density at radius 1 is 1.17 bits per heavy atom. The zero-order valence-electron chi connectivity index (χ0n) is 18.2. The van der Waals surface area contributed by atoms with E-state index >= 15 is 0 Å². The molecule has 8 nitrogen and oxygen atoms in total. The Balaban J connectivity index is 2.17. The van der Waals surface area contributed by atoms with E-state index in [0.717, 1.165) is 5.56 Å². The molecule has 0 spiro atoms. The van der Waals surface area contributed by atoms with Gasteiger partial charge in [0.05, 0.1) is 19.0 Å². The number of ether oxygens (including phenoxy) is 2. The summed E-state index contributed by atoms with van der Waals surface area (Å²) >= 11 is 0. The Labute approximate surface area is 176 Å². The van der Waals surface area contributed by atoms with E-state index in [1.54, 1.807) is 32.2 Å². The minimum absolute atomic E-state index is 0.290. The summed E-state index contributed by atoms with van der Waals surface area (Å²) < 4.78 is 11.0. The molecule has 0 saturated carbocycles. The molecule has 0 unspecified atom stereocenters. The van der Waals surface area contributed by atoms with Crippen LogP contribution in [0.2, 0.25) is 0 Å². The minimum Gasteiger partial charge on any atom is -0.496 e. The van der Waals surface area contributed by atoms with Gasteiger partial charge in [-0.15, -0.1) is 0 Å². The maximum absolute atomic E-state index is 13.0. The lowest BCUT2D eigenvalue weighted by atomic mass is 9.71. The normalized spacial score (nSPS) is 13.1. The summed E-state index contributed by atoms with van der Waals surface area (Å²) in [6.45, 7) is 9.16. The highest BCUT2D eigenvalue weighted by molar-refractivity contribution is 6.00. The summed E-state index contributed by atoms with van der Waals surface area (Å²) in [4.78, 5) is 28.6. The summed E-state index contributed by atoms with van der Waals surface area (Å²) in [6, 6.07) is 8.73. The van der Waals surface area contributed by atoms with Crippen molar-refractivity contribution < 1.29 is 24.2 Å². The smallest absolute Gasteiger partial charge is 0.405 e. The zero-order valence-corrected chi connectivity index (χ0v) is 18.2. The molecule has 2 rings (SSSR count). The summed E-state index contributed by atoms with van der Waals surface area (Å²) in [5.74, 6) is 1.18. The summed E-state index contributed by atoms with van der Waals surface area (Å²) in [5, 5.41) is 14.4. The first-order valence-electron chi connectivity index (χ1n) is 9.63. The lowest BCUT2D eigenvalue weighted by Gasteiger charge is -2.42. The van der Waals surface area contributed by atoms with Gasteiger partial charge in [0, 0.05) is 12.1 Å². The second-order valence-corrected chi connectivity index (χ2v) is 8.01. The van der Waals surface area contributed by atoms with Crippen LogP contribution in [0.5, 0.6) is 17.4 Å². The van der Waals surface area contributed by atoms with Crippen LogP contribution in [0.25, 0.3) is 0 Å². The molecule has 3 N–H and O–H groups in total. The third kappa shape index (κ3) is 5.00. The van der Waals surface area contributed by atoms with Crippen molar-refractivity contribution in [2.75, 3.05) is 12.4 Å². The molecule has 2 amide bonds. The molecule has 0 aliphatic rings. The van der Waals surface area contributed by atoms with Gasteiger partial charge in [0.25, 0.3) is 5.91 Å². The first kappa shape index (κ1) is 23.0. The molecule has 0 saturated heterocycles. The van der Waals surface area contributed by atoms with Crippen molar-refractivity contribution in [2.24, 2.45) is 5.41 Å². The van der Waals surface area contributed by atoms with Gasteiger partial charge in [-0.05, 0) is 36.5 Å². The molecule has 1 atom stereocenters. The SMILES string of the molecule is CC[C@@](NC(=O)O)(C(=O)Nc1ccc(Oc2ccc(C)c(OC)c2)nc1)C(C)(C)C. The van der Waals surface area contributed by atoms with Crippen molar-refractivity contribution in [3.8, 4) is 17.4 Å². The number of benzene rings is 1. The summed E-state index contributed by atoms with van der Waals surface area (Å²) in [6.07, 6.45) is 0.499. The van der Waals surface area contributed by atoms with Crippen molar-refractivity contribution in [1.29, 1.82) is 0 Å². The van der Waals surface area contributed by atoms with Gasteiger partial charge < -0.3 is 25.2 Å². The Morgan fingerprint density at radius 3 is 2.37 bits per heavy atom. The highest BCUT2D eigenvalue weighted by atomic mass is 16.5. The lowest BCUT2D eigenvalue weighted by Crippen LogP contribution is -2.63. The monoisotopic (exact) mass is 415 g/mol. The largest absolute Gasteiger partial charge is 0.496 e. The molecular weight excluding hydrogens is 386 g/mol. The quantitative estimate of drug-likeness (QED) is 0.610. The van der Waals surface area contributed by atoms with Gasteiger partial charge in [-0.3, -0.25) is 4.79 Å². The number of amides is 2. The number of hydrogen-bond acceptors (Lipinski definition) is 5. The number of nitrogens with zero attached hydrogens (tertiary/aromatic N) is 1. The van der Waals surface area contributed by atoms with E-state index in [-0.39, 0.29) is 0 Å². The van der Waals surface area contributed by atoms with Gasteiger partial charge in [-0.1, -0.05) is 33.8 Å². The number of carbonyl (C=O) groups is 2. The topological polar surface area (TPSA) is 110 Å². The van der Waals surface area contributed by atoms with Crippen molar-refractivity contribution in [3.05, 3.63) is 42.1 Å². The lowest BCUT2D eigenvalue weighted by molar-refractivity contribution is -0.126. The fraction of sp³-hybridized carbons (Fsp3) is 0.409. The van der Waals surface area contributed by atoms with Crippen LogP contribution in [-0.4, -0.2) is 34.7 Å². The van der Waals surface area contributed by atoms with Crippen LogP contribution in [0.4, 0.5) is 10.5 Å². The molecule has 0 aliphatic heterocycles. The fourth-order valence-electron chi connectivity index (χ4n) is 3.28. The van der Waals surface area contributed by atoms with Crippen molar-refractivity contribution >= 4 is 17.7 Å². The van der Waals surface area contributed by atoms with Gasteiger partial charge in [-0.25, -0.2) is 9.78 Å². The Kier molecular flexibility index (Phi) is 6.92. The van der Waals surface area contributed by atoms with Gasteiger partial charge >= 0.3 is 6.09 Å². The average Bonchev–Trinajstić information content (AvgIpc) is 2.67. The average molecular weight is 415 g/mol. The van der Waals surface area contributed by atoms with Crippen molar-refractivity contribution in [3.63, 3.8) is 0 Å². The minimum atomic E-state index is -1.30.